The molecule has 2 heteroatoms. The molecule has 0 atom stereocenters. The molecule has 130 valence electrons. The van der Waals surface area contributed by atoms with Crippen LogP contribution in [0.25, 0.3) is 28.3 Å². The Bertz CT molecular complexity index is 998. The molecule has 3 aromatic carbocycles. The quantitative estimate of drug-likeness (QED) is 0.508. The van der Waals surface area contributed by atoms with Crippen molar-refractivity contribution in [1.29, 1.82) is 5.41 Å². The Morgan fingerprint density at radius 3 is 2.15 bits per heavy atom. The molecule has 1 N–H and O–H groups in total. The second-order valence-corrected chi connectivity index (χ2v) is 6.60. The van der Waals surface area contributed by atoms with Gasteiger partial charge in [-0.05, 0) is 71.3 Å². The minimum Gasteiger partial charge on any atom is -0.308 e. The van der Waals surface area contributed by atoms with E-state index in [0.717, 1.165) is 38.9 Å². The third kappa shape index (κ3) is 3.11. The van der Waals surface area contributed by atoms with E-state index in [1.807, 2.05) is 69.3 Å². The molecule has 0 bridgehead atoms. The lowest BCUT2D eigenvalue weighted by atomic mass is 9.92. The smallest absolute Gasteiger partial charge is 0.134 e. The van der Waals surface area contributed by atoms with Gasteiger partial charge in [0.05, 0.1) is 0 Å². The van der Waals surface area contributed by atoms with E-state index in [-0.39, 0.29) is 5.82 Å². The van der Waals surface area contributed by atoms with Gasteiger partial charge in [0.15, 0.2) is 0 Å². The molecule has 0 unspecified atom stereocenters. The highest BCUT2D eigenvalue weighted by Crippen LogP contribution is 2.33. The summed E-state index contributed by atoms with van der Waals surface area (Å²) in [5.74, 6) is -0.141. The highest BCUT2D eigenvalue weighted by atomic mass is 19.1. The van der Waals surface area contributed by atoms with Crippen molar-refractivity contribution >= 4 is 12.3 Å². The lowest BCUT2D eigenvalue weighted by Crippen LogP contribution is -1.96. The lowest BCUT2D eigenvalue weighted by Gasteiger charge is -2.14. The number of rotatable bonds is 4. The molecular weight excluding hydrogens is 321 g/mol. The Hall–Kier alpha value is -3.00. The Labute approximate surface area is 154 Å². The predicted octanol–water partition coefficient (Wildman–Crippen LogP) is 6.73. The second-order valence-electron chi connectivity index (χ2n) is 6.60. The van der Waals surface area contributed by atoms with Crippen molar-refractivity contribution in [3.8, 4) is 22.3 Å². The molecule has 0 amide bonds. The van der Waals surface area contributed by atoms with Gasteiger partial charge < -0.3 is 5.41 Å². The number of aryl methyl sites for hydroxylation is 2. The lowest BCUT2D eigenvalue weighted by molar-refractivity contribution is 0.619. The summed E-state index contributed by atoms with van der Waals surface area (Å²) >= 11 is 0. The highest BCUT2D eigenvalue weighted by molar-refractivity contribution is 5.84. The van der Waals surface area contributed by atoms with Gasteiger partial charge in [-0.25, -0.2) is 4.39 Å². The van der Waals surface area contributed by atoms with Crippen LogP contribution in [-0.2, 0) is 0 Å². The van der Waals surface area contributed by atoms with Crippen LogP contribution < -0.4 is 0 Å². The molecule has 3 rings (SSSR count). The van der Waals surface area contributed by atoms with Crippen LogP contribution in [0.3, 0.4) is 0 Å². The molecule has 0 aliphatic carbocycles. The fraction of sp³-hybridized carbons (Fsp3) is 0.125. The highest BCUT2D eigenvalue weighted by Gasteiger charge is 2.13. The average molecular weight is 343 g/mol. The van der Waals surface area contributed by atoms with Gasteiger partial charge in [-0.2, -0.15) is 0 Å². The number of nitrogens with one attached hydrogen (secondary N) is 1. The van der Waals surface area contributed by atoms with Crippen LogP contribution in [-0.4, -0.2) is 6.21 Å². The van der Waals surface area contributed by atoms with E-state index in [0.29, 0.717) is 11.1 Å². The zero-order valence-corrected chi connectivity index (χ0v) is 15.4. The van der Waals surface area contributed by atoms with Gasteiger partial charge in [-0.1, -0.05) is 55.1 Å². The van der Waals surface area contributed by atoms with Crippen LogP contribution in [0.2, 0.25) is 0 Å². The standard InChI is InChI=1S/C24H22FN/c1-5-19-13-18(14-26)6-11-22(19)20-7-9-21(10-8-20)23-16(3)12-15(2)17(4)24(23)25/h5-14,26H,1H2,2-4H3. The summed E-state index contributed by atoms with van der Waals surface area (Å²) in [6.07, 6.45) is 3.12. The summed E-state index contributed by atoms with van der Waals surface area (Å²) in [6.45, 7) is 9.58. The zero-order valence-electron chi connectivity index (χ0n) is 15.4. The topological polar surface area (TPSA) is 23.9 Å². The number of halogens is 1. The van der Waals surface area contributed by atoms with E-state index < -0.39 is 0 Å². The van der Waals surface area contributed by atoms with Crippen LogP contribution in [0.4, 0.5) is 4.39 Å². The molecule has 0 aromatic heterocycles. The summed E-state index contributed by atoms with van der Waals surface area (Å²) in [6, 6.07) is 15.8. The SMILES string of the molecule is C=Cc1cc(C=N)ccc1-c1ccc(-c2c(C)cc(C)c(C)c2F)cc1. The zero-order chi connectivity index (χ0) is 18.8. The molecular formula is C24H22FN. The van der Waals surface area contributed by atoms with E-state index in [4.69, 9.17) is 5.41 Å². The fourth-order valence-corrected chi connectivity index (χ4v) is 3.31. The Balaban J connectivity index is 2.07. The summed E-state index contributed by atoms with van der Waals surface area (Å²) in [5, 5.41) is 7.39. The van der Waals surface area contributed by atoms with Crippen molar-refractivity contribution in [3.63, 3.8) is 0 Å². The number of benzene rings is 3. The van der Waals surface area contributed by atoms with E-state index >= 15 is 0 Å². The summed E-state index contributed by atoms with van der Waals surface area (Å²) < 4.78 is 14.8. The number of hydrogen-bond donors (Lipinski definition) is 1. The Morgan fingerprint density at radius 1 is 0.885 bits per heavy atom. The fourth-order valence-electron chi connectivity index (χ4n) is 3.31. The number of hydrogen-bond acceptors (Lipinski definition) is 1. The maximum absolute atomic E-state index is 14.8. The minimum absolute atomic E-state index is 0.141. The minimum atomic E-state index is -0.141. The first-order valence-electron chi connectivity index (χ1n) is 8.60. The van der Waals surface area contributed by atoms with Crippen LogP contribution in [0, 0.1) is 32.0 Å². The van der Waals surface area contributed by atoms with Gasteiger partial charge in [0.25, 0.3) is 0 Å². The first-order valence-corrected chi connectivity index (χ1v) is 8.60. The predicted molar refractivity (Wildman–Crippen MR) is 109 cm³/mol. The molecule has 3 aromatic rings. The molecule has 0 saturated carbocycles. The van der Waals surface area contributed by atoms with Crippen molar-refractivity contribution < 1.29 is 4.39 Å². The molecule has 26 heavy (non-hydrogen) atoms. The van der Waals surface area contributed by atoms with Crippen LogP contribution >= 0.6 is 0 Å². The van der Waals surface area contributed by atoms with E-state index in [1.54, 1.807) is 6.08 Å². The Kier molecular flexibility index (Phi) is 4.85. The van der Waals surface area contributed by atoms with Crippen LogP contribution in [0.5, 0.6) is 0 Å². The molecule has 0 spiro atoms. The van der Waals surface area contributed by atoms with Gasteiger partial charge in [0.1, 0.15) is 5.82 Å². The van der Waals surface area contributed by atoms with Gasteiger partial charge in [-0.3, -0.25) is 0 Å². The normalized spacial score (nSPS) is 10.6. The van der Waals surface area contributed by atoms with Gasteiger partial charge >= 0.3 is 0 Å². The van der Waals surface area contributed by atoms with Gasteiger partial charge in [0.2, 0.25) is 0 Å². The molecule has 0 saturated heterocycles. The first-order chi connectivity index (χ1) is 12.5. The maximum atomic E-state index is 14.8. The van der Waals surface area contributed by atoms with E-state index in [2.05, 4.69) is 6.58 Å². The third-order valence-electron chi connectivity index (χ3n) is 4.91. The largest absolute Gasteiger partial charge is 0.308 e. The molecule has 0 fully saturated rings. The Morgan fingerprint density at radius 2 is 1.54 bits per heavy atom. The second kappa shape index (κ2) is 7.09. The van der Waals surface area contributed by atoms with Crippen molar-refractivity contribution in [2.75, 3.05) is 0 Å². The molecule has 0 heterocycles. The van der Waals surface area contributed by atoms with Gasteiger partial charge in [0, 0.05) is 11.8 Å². The van der Waals surface area contributed by atoms with Crippen molar-refractivity contribution in [3.05, 3.63) is 88.7 Å². The summed E-state index contributed by atoms with van der Waals surface area (Å²) in [7, 11) is 0. The van der Waals surface area contributed by atoms with Crippen molar-refractivity contribution in [1.82, 2.24) is 0 Å². The van der Waals surface area contributed by atoms with Crippen molar-refractivity contribution in [2.24, 2.45) is 0 Å². The molecule has 0 radical (unpaired) electrons. The monoisotopic (exact) mass is 343 g/mol. The first kappa shape index (κ1) is 17.8. The molecule has 0 aliphatic rings. The molecule has 1 nitrogen and oxygen atoms in total. The van der Waals surface area contributed by atoms with Crippen LogP contribution in [0.15, 0.2) is 55.1 Å². The van der Waals surface area contributed by atoms with Gasteiger partial charge in [-0.15, -0.1) is 0 Å². The third-order valence-corrected chi connectivity index (χ3v) is 4.91. The average Bonchev–Trinajstić information content (AvgIpc) is 2.66. The summed E-state index contributed by atoms with van der Waals surface area (Å²) in [5.41, 5.74) is 8.08. The van der Waals surface area contributed by atoms with E-state index in [9.17, 15) is 4.39 Å². The van der Waals surface area contributed by atoms with Crippen LogP contribution in [0.1, 0.15) is 27.8 Å². The van der Waals surface area contributed by atoms with E-state index in [1.165, 1.54) is 6.21 Å². The molecule has 0 aliphatic heterocycles. The summed E-state index contributed by atoms with van der Waals surface area (Å²) in [4.78, 5) is 0. The van der Waals surface area contributed by atoms with Crippen molar-refractivity contribution in [2.45, 2.75) is 20.8 Å². The maximum Gasteiger partial charge on any atom is 0.134 e.